The molecule has 0 atom stereocenters. The molecule has 1 heterocycles. The predicted octanol–water partition coefficient (Wildman–Crippen LogP) is 5.52. The van der Waals surface area contributed by atoms with Crippen LogP contribution in [0.2, 0.25) is 0 Å². The minimum atomic E-state index is -0.537. The zero-order valence-corrected chi connectivity index (χ0v) is 17.5. The summed E-state index contributed by atoms with van der Waals surface area (Å²) < 4.78 is 22.1. The largest absolute Gasteiger partial charge is 0.497 e. The second-order valence-corrected chi connectivity index (χ2v) is 6.92. The molecule has 0 N–H and O–H groups in total. The van der Waals surface area contributed by atoms with Crippen LogP contribution in [-0.4, -0.2) is 13.1 Å². The van der Waals surface area contributed by atoms with E-state index in [1.807, 2.05) is 30.3 Å². The summed E-state index contributed by atoms with van der Waals surface area (Å²) in [6, 6.07) is 20.9. The van der Waals surface area contributed by atoms with E-state index in [4.69, 9.17) is 18.6 Å². The van der Waals surface area contributed by atoms with Gasteiger partial charge in [-0.2, -0.15) is 0 Å². The van der Waals surface area contributed by atoms with Gasteiger partial charge in [0.1, 0.15) is 28.6 Å². The number of methoxy groups -OCH3 is 1. The molecule has 0 aliphatic rings. The Morgan fingerprint density at radius 3 is 2.47 bits per heavy atom. The van der Waals surface area contributed by atoms with Crippen LogP contribution in [0.5, 0.6) is 23.0 Å². The Kier molecular flexibility index (Phi) is 6.03. The van der Waals surface area contributed by atoms with E-state index in [0.717, 1.165) is 5.56 Å². The molecule has 0 bridgehead atoms. The van der Waals surface area contributed by atoms with Gasteiger partial charge < -0.3 is 18.6 Å². The Labute approximate surface area is 184 Å². The standard InChI is InChI=1S/C26H20O6/c1-17-26(32-20-10-6-9-19(15-20)29-2)25(28)22-13-12-21(16-23(22)30-17)31-24(27)14-11-18-7-4-3-5-8-18/h3-16H,1-2H3. The molecule has 6 heteroatoms. The Hall–Kier alpha value is -4.32. The van der Waals surface area contributed by atoms with Crippen LogP contribution >= 0.6 is 0 Å². The lowest BCUT2D eigenvalue weighted by atomic mass is 10.2. The molecule has 0 spiro atoms. The molecule has 0 aliphatic heterocycles. The first-order valence-electron chi connectivity index (χ1n) is 9.88. The molecule has 4 rings (SSSR count). The third-order valence-electron chi connectivity index (χ3n) is 4.68. The lowest BCUT2D eigenvalue weighted by Crippen LogP contribution is -2.08. The summed E-state index contributed by atoms with van der Waals surface area (Å²) in [7, 11) is 1.55. The van der Waals surface area contributed by atoms with Crippen molar-refractivity contribution in [2.24, 2.45) is 0 Å². The van der Waals surface area contributed by atoms with Gasteiger partial charge in [-0.25, -0.2) is 4.79 Å². The minimum absolute atomic E-state index is 0.0845. The van der Waals surface area contributed by atoms with Gasteiger partial charge in [0, 0.05) is 18.2 Å². The Balaban J connectivity index is 1.57. The number of hydrogen-bond donors (Lipinski definition) is 0. The van der Waals surface area contributed by atoms with Gasteiger partial charge in [-0.15, -0.1) is 0 Å². The van der Waals surface area contributed by atoms with E-state index in [-0.39, 0.29) is 16.9 Å². The summed E-state index contributed by atoms with van der Waals surface area (Å²) in [5.41, 5.74) is 0.851. The summed E-state index contributed by atoms with van der Waals surface area (Å²) in [6.07, 6.45) is 3.00. The zero-order valence-electron chi connectivity index (χ0n) is 17.5. The smallest absolute Gasteiger partial charge is 0.336 e. The molecule has 0 saturated carbocycles. The molecular weight excluding hydrogens is 408 g/mol. The third kappa shape index (κ3) is 4.70. The van der Waals surface area contributed by atoms with Crippen LogP contribution in [0.25, 0.3) is 17.0 Å². The number of benzene rings is 3. The molecule has 32 heavy (non-hydrogen) atoms. The third-order valence-corrected chi connectivity index (χ3v) is 4.68. The molecule has 1 aromatic heterocycles. The fraction of sp³-hybridized carbons (Fsp3) is 0.0769. The maximum atomic E-state index is 13.0. The van der Waals surface area contributed by atoms with Gasteiger partial charge in [-0.3, -0.25) is 4.79 Å². The fourth-order valence-electron chi connectivity index (χ4n) is 3.11. The van der Waals surface area contributed by atoms with Crippen molar-refractivity contribution < 1.29 is 23.4 Å². The highest BCUT2D eigenvalue weighted by Crippen LogP contribution is 2.29. The van der Waals surface area contributed by atoms with Crippen LogP contribution in [0.4, 0.5) is 0 Å². The zero-order chi connectivity index (χ0) is 22.5. The van der Waals surface area contributed by atoms with Gasteiger partial charge in [-0.1, -0.05) is 36.4 Å². The van der Waals surface area contributed by atoms with E-state index in [9.17, 15) is 9.59 Å². The number of hydrogen-bond acceptors (Lipinski definition) is 6. The quantitative estimate of drug-likeness (QED) is 0.229. The summed E-state index contributed by atoms with van der Waals surface area (Å²) >= 11 is 0. The second-order valence-electron chi connectivity index (χ2n) is 6.92. The van der Waals surface area contributed by atoms with E-state index in [0.29, 0.717) is 28.2 Å². The van der Waals surface area contributed by atoms with E-state index in [1.54, 1.807) is 50.4 Å². The monoisotopic (exact) mass is 428 g/mol. The molecule has 160 valence electrons. The average molecular weight is 428 g/mol. The Morgan fingerprint density at radius 1 is 0.906 bits per heavy atom. The van der Waals surface area contributed by atoms with Crippen molar-refractivity contribution in [3.05, 3.63) is 100 Å². The molecule has 0 amide bonds. The first-order valence-corrected chi connectivity index (χ1v) is 9.88. The van der Waals surface area contributed by atoms with Crippen molar-refractivity contribution >= 4 is 23.0 Å². The number of carbonyl (C=O) groups is 1. The number of esters is 1. The van der Waals surface area contributed by atoms with Crippen LogP contribution in [0.3, 0.4) is 0 Å². The molecule has 0 saturated heterocycles. The Morgan fingerprint density at radius 2 is 1.69 bits per heavy atom. The van der Waals surface area contributed by atoms with Crippen LogP contribution in [0, 0.1) is 6.92 Å². The lowest BCUT2D eigenvalue weighted by molar-refractivity contribution is -0.128. The normalized spacial score (nSPS) is 10.9. The molecule has 0 radical (unpaired) electrons. The molecule has 6 nitrogen and oxygen atoms in total. The maximum Gasteiger partial charge on any atom is 0.336 e. The van der Waals surface area contributed by atoms with Gasteiger partial charge in [-0.05, 0) is 42.8 Å². The number of carbonyl (C=O) groups excluding carboxylic acids is 1. The molecular formula is C26H20O6. The first-order chi connectivity index (χ1) is 15.5. The van der Waals surface area contributed by atoms with Crippen LogP contribution in [0.15, 0.2) is 88.1 Å². The average Bonchev–Trinajstić information content (AvgIpc) is 2.81. The van der Waals surface area contributed by atoms with Crippen molar-refractivity contribution in [3.8, 4) is 23.0 Å². The predicted molar refractivity (Wildman–Crippen MR) is 121 cm³/mol. The summed E-state index contributed by atoms with van der Waals surface area (Å²) in [4.78, 5) is 25.1. The van der Waals surface area contributed by atoms with Crippen LogP contribution < -0.4 is 19.6 Å². The first kappa shape index (κ1) is 20.9. The van der Waals surface area contributed by atoms with Crippen molar-refractivity contribution in [2.75, 3.05) is 7.11 Å². The molecule has 0 unspecified atom stereocenters. The van der Waals surface area contributed by atoms with Gasteiger partial charge >= 0.3 is 5.97 Å². The fourth-order valence-corrected chi connectivity index (χ4v) is 3.11. The number of aryl methyl sites for hydroxylation is 1. The van der Waals surface area contributed by atoms with Crippen LogP contribution in [-0.2, 0) is 4.79 Å². The van der Waals surface area contributed by atoms with Crippen molar-refractivity contribution in [3.63, 3.8) is 0 Å². The lowest BCUT2D eigenvalue weighted by Gasteiger charge is -2.10. The van der Waals surface area contributed by atoms with E-state index in [2.05, 4.69) is 0 Å². The summed E-state index contributed by atoms with van der Waals surface area (Å²) in [5, 5.41) is 0.313. The Bertz CT molecular complexity index is 1350. The van der Waals surface area contributed by atoms with Gasteiger partial charge in [0.25, 0.3) is 0 Å². The van der Waals surface area contributed by atoms with Gasteiger partial charge in [0.05, 0.1) is 12.5 Å². The molecule has 0 fully saturated rings. The van der Waals surface area contributed by atoms with Crippen molar-refractivity contribution in [2.45, 2.75) is 6.92 Å². The number of fused-ring (bicyclic) bond motifs is 1. The SMILES string of the molecule is COc1cccc(Oc2c(C)oc3cc(OC(=O)C=Cc4ccccc4)ccc3c2=O)c1. The summed E-state index contributed by atoms with van der Waals surface area (Å²) in [6.45, 7) is 1.64. The van der Waals surface area contributed by atoms with E-state index >= 15 is 0 Å². The molecule has 0 aliphatic carbocycles. The summed E-state index contributed by atoms with van der Waals surface area (Å²) in [5.74, 6) is 1.18. The molecule has 3 aromatic carbocycles. The maximum absolute atomic E-state index is 13.0. The minimum Gasteiger partial charge on any atom is -0.497 e. The van der Waals surface area contributed by atoms with Gasteiger partial charge in [0.2, 0.25) is 11.2 Å². The van der Waals surface area contributed by atoms with Crippen molar-refractivity contribution in [1.29, 1.82) is 0 Å². The van der Waals surface area contributed by atoms with Crippen LogP contribution in [0.1, 0.15) is 11.3 Å². The van der Waals surface area contributed by atoms with Gasteiger partial charge in [0.15, 0.2) is 0 Å². The second kappa shape index (κ2) is 9.22. The topological polar surface area (TPSA) is 75.0 Å². The highest BCUT2D eigenvalue weighted by Gasteiger charge is 2.15. The van der Waals surface area contributed by atoms with Crippen molar-refractivity contribution in [1.82, 2.24) is 0 Å². The number of rotatable bonds is 6. The highest BCUT2D eigenvalue weighted by atomic mass is 16.5. The number of ether oxygens (including phenoxy) is 3. The van der Waals surface area contributed by atoms with E-state index < -0.39 is 5.97 Å². The molecule has 4 aromatic rings. The highest BCUT2D eigenvalue weighted by molar-refractivity contribution is 5.89. The van der Waals surface area contributed by atoms with E-state index in [1.165, 1.54) is 18.2 Å².